The SMILES string of the molecule is COc1ccc(C2(C)CN(C)CC2(C)C2=NCN=N2)cc1OC.II. The van der Waals surface area contributed by atoms with Crippen LogP contribution in [0.5, 0.6) is 11.5 Å². The molecule has 138 valence electrons. The fraction of sp³-hybridized carbons (Fsp3) is 0.588. The summed E-state index contributed by atoms with van der Waals surface area (Å²) in [5.74, 6) is 2.34. The van der Waals surface area contributed by atoms with E-state index in [2.05, 4.69) is 90.4 Å². The molecular formula is C17H24I2N4O2. The van der Waals surface area contributed by atoms with Crippen LogP contribution in [0.25, 0.3) is 0 Å². The first-order valence-electron chi connectivity index (χ1n) is 7.92. The summed E-state index contributed by atoms with van der Waals surface area (Å²) in [6.07, 6.45) is 0. The number of ether oxygens (including phenoxy) is 2. The molecule has 2 aliphatic heterocycles. The summed E-state index contributed by atoms with van der Waals surface area (Å²) in [7, 11) is 5.45. The summed E-state index contributed by atoms with van der Waals surface area (Å²) in [4.78, 5) is 6.85. The number of likely N-dealkylation sites (N-methyl/N-ethyl adjacent to an activating group) is 1. The molecule has 1 aromatic rings. The Bertz CT molecular complexity index is 683. The van der Waals surface area contributed by atoms with Gasteiger partial charge in [0.05, 0.1) is 19.6 Å². The molecule has 2 atom stereocenters. The molecule has 3 rings (SSSR count). The Kier molecular flexibility index (Phi) is 7.05. The summed E-state index contributed by atoms with van der Waals surface area (Å²) < 4.78 is 10.9. The van der Waals surface area contributed by atoms with Crippen LogP contribution in [0.3, 0.4) is 0 Å². The zero-order valence-electron chi connectivity index (χ0n) is 15.2. The summed E-state index contributed by atoms with van der Waals surface area (Å²) >= 11 is 4.24. The topological polar surface area (TPSA) is 58.8 Å². The van der Waals surface area contributed by atoms with Crippen molar-refractivity contribution in [3.63, 3.8) is 0 Å². The first-order valence-corrected chi connectivity index (χ1v) is 14.2. The van der Waals surface area contributed by atoms with Crippen LogP contribution in [-0.4, -0.2) is 51.8 Å². The molecule has 0 N–H and O–H groups in total. The van der Waals surface area contributed by atoms with Gasteiger partial charge in [0.15, 0.2) is 24.0 Å². The second kappa shape index (κ2) is 8.47. The summed E-state index contributed by atoms with van der Waals surface area (Å²) in [5.41, 5.74) is 0.872. The highest BCUT2D eigenvalue weighted by molar-refractivity contribution is 15.0. The number of azo groups is 1. The first kappa shape index (κ1) is 20.8. The molecule has 0 amide bonds. The highest BCUT2D eigenvalue weighted by Gasteiger charge is 2.55. The first-order chi connectivity index (χ1) is 11.9. The van der Waals surface area contributed by atoms with E-state index in [0.717, 1.165) is 30.4 Å². The number of hydrogen-bond donors (Lipinski definition) is 0. The number of hydrogen-bond acceptors (Lipinski definition) is 6. The smallest absolute Gasteiger partial charge is 0.161 e. The van der Waals surface area contributed by atoms with Crippen molar-refractivity contribution in [2.75, 3.05) is 41.0 Å². The third kappa shape index (κ3) is 3.66. The number of amidine groups is 1. The molecule has 8 heteroatoms. The maximum absolute atomic E-state index is 5.49. The largest absolute Gasteiger partial charge is 0.493 e. The Labute approximate surface area is 172 Å². The number of benzene rings is 1. The van der Waals surface area contributed by atoms with E-state index in [0.29, 0.717) is 6.67 Å². The van der Waals surface area contributed by atoms with Crippen LogP contribution in [0.1, 0.15) is 19.4 Å². The lowest BCUT2D eigenvalue weighted by Crippen LogP contribution is -2.45. The van der Waals surface area contributed by atoms with Gasteiger partial charge < -0.3 is 14.4 Å². The zero-order valence-corrected chi connectivity index (χ0v) is 19.5. The van der Waals surface area contributed by atoms with Crippen molar-refractivity contribution in [2.45, 2.75) is 19.3 Å². The van der Waals surface area contributed by atoms with Crippen molar-refractivity contribution in [1.82, 2.24) is 4.90 Å². The van der Waals surface area contributed by atoms with Gasteiger partial charge in [-0.15, -0.1) is 5.11 Å². The van der Waals surface area contributed by atoms with Crippen molar-refractivity contribution in [2.24, 2.45) is 20.6 Å². The fourth-order valence-electron chi connectivity index (χ4n) is 3.90. The Morgan fingerprint density at radius 3 is 2.24 bits per heavy atom. The van der Waals surface area contributed by atoms with Gasteiger partial charge >= 0.3 is 0 Å². The van der Waals surface area contributed by atoms with Gasteiger partial charge in [0, 0.05) is 55.7 Å². The predicted molar refractivity (Wildman–Crippen MR) is 118 cm³/mol. The third-order valence-corrected chi connectivity index (χ3v) is 5.35. The standard InChI is InChI=1S/C17H24N4O2.I2/c1-16(12-6-7-13(22-4)14(8-12)23-5)9-21(3)10-17(16,2)15-18-11-19-20-15;1-2/h6-8H,9-11H2,1-5H3;. The molecule has 25 heavy (non-hydrogen) atoms. The molecule has 0 aliphatic carbocycles. The molecular weight excluding hydrogens is 546 g/mol. The van der Waals surface area contributed by atoms with Crippen LogP contribution in [0.4, 0.5) is 0 Å². The molecule has 1 saturated heterocycles. The minimum atomic E-state index is -0.193. The summed E-state index contributed by atoms with van der Waals surface area (Å²) in [5, 5.41) is 8.37. The highest BCUT2D eigenvalue weighted by atomic mass is 128. The Balaban J connectivity index is 0.00000109. The minimum Gasteiger partial charge on any atom is -0.493 e. The van der Waals surface area contributed by atoms with E-state index in [1.807, 2.05) is 6.07 Å². The van der Waals surface area contributed by atoms with Crippen LogP contribution in [-0.2, 0) is 5.41 Å². The van der Waals surface area contributed by atoms with Crippen molar-refractivity contribution in [3.05, 3.63) is 23.8 Å². The molecule has 2 unspecified atom stereocenters. The molecule has 0 saturated carbocycles. The van der Waals surface area contributed by atoms with E-state index in [4.69, 9.17) is 9.47 Å². The van der Waals surface area contributed by atoms with E-state index < -0.39 is 0 Å². The average Bonchev–Trinajstić information content (AvgIpc) is 3.24. The van der Waals surface area contributed by atoms with Gasteiger partial charge in [-0.1, -0.05) is 19.9 Å². The van der Waals surface area contributed by atoms with Gasteiger partial charge in [-0.25, -0.2) is 4.99 Å². The lowest BCUT2D eigenvalue weighted by molar-refractivity contribution is 0.317. The van der Waals surface area contributed by atoms with Crippen molar-refractivity contribution in [3.8, 4) is 11.5 Å². The maximum atomic E-state index is 5.49. The number of halogens is 2. The number of methoxy groups -OCH3 is 2. The Hall–Kier alpha value is -0.490. The van der Waals surface area contributed by atoms with Crippen molar-refractivity contribution in [1.29, 1.82) is 0 Å². The molecule has 6 nitrogen and oxygen atoms in total. The lowest BCUT2D eigenvalue weighted by Gasteiger charge is -2.39. The Morgan fingerprint density at radius 1 is 1.04 bits per heavy atom. The van der Waals surface area contributed by atoms with Gasteiger partial charge in [-0.2, -0.15) is 5.11 Å². The van der Waals surface area contributed by atoms with Crippen LogP contribution < -0.4 is 9.47 Å². The average molecular weight is 570 g/mol. The minimum absolute atomic E-state index is 0.135. The van der Waals surface area contributed by atoms with E-state index >= 15 is 0 Å². The second-order valence-corrected chi connectivity index (χ2v) is 6.77. The number of nitrogens with zero attached hydrogens (tertiary/aromatic N) is 4. The third-order valence-electron chi connectivity index (χ3n) is 5.35. The van der Waals surface area contributed by atoms with Gasteiger partial charge in [0.2, 0.25) is 0 Å². The summed E-state index contributed by atoms with van der Waals surface area (Å²) in [6, 6.07) is 6.16. The molecule has 0 spiro atoms. The van der Waals surface area contributed by atoms with Crippen molar-refractivity contribution >= 4 is 43.1 Å². The lowest BCUT2D eigenvalue weighted by atomic mass is 9.63. The van der Waals surface area contributed by atoms with Gasteiger partial charge in [0.25, 0.3) is 0 Å². The molecule has 2 aliphatic rings. The van der Waals surface area contributed by atoms with Crippen LogP contribution in [0, 0.1) is 5.41 Å². The molecule has 1 fully saturated rings. The molecule has 2 heterocycles. The van der Waals surface area contributed by atoms with Crippen molar-refractivity contribution < 1.29 is 9.47 Å². The normalized spacial score (nSPS) is 28.4. The molecule has 0 bridgehead atoms. The molecule has 1 aromatic carbocycles. The molecule has 0 radical (unpaired) electrons. The van der Waals surface area contributed by atoms with E-state index in [1.165, 1.54) is 5.56 Å². The number of likely N-dealkylation sites (tertiary alicyclic amines) is 1. The zero-order chi connectivity index (χ0) is 18.7. The quantitative estimate of drug-likeness (QED) is 0.502. The number of rotatable bonds is 4. The van der Waals surface area contributed by atoms with E-state index in [9.17, 15) is 0 Å². The fourth-order valence-corrected chi connectivity index (χ4v) is 3.90. The summed E-state index contributed by atoms with van der Waals surface area (Å²) in [6.45, 7) is 6.77. The monoisotopic (exact) mass is 570 g/mol. The number of aliphatic imine (C=N–C) groups is 1. The van der Waals surface area contributed by atoms with Gasteiger partial charge in [0.1, 0.15) is 0 Å². The van der Waals surface area contributed by atoms with Crippen LogP contribution in [0.15, 0.2) is 33.4 Å². The highest BCUT2D eigenvalue weighted by Crippen LogP contribution is 2.50. The van der Waals surface area contributed by atoms with Gasteiger partial charge in [-0.3, -0.25) is 0 Å². The van der Waals surface area contributed by atoms with Crippen LogP contribution >= 0.6 is 37.2 Å². The van der Waals surface area contributed by atoms with E-state index in [-0.39, 0.29) is 10.8 Å². The van der Waals surface area contributed by atoms with Gasteiger partial charge in [-0.05, 0) is 24.7 Å². The maximum Gasteiger partial charge on any atom is 0.161 e. The van der Waals surface area contributed by atoms with E-state index in [1.54, 1.807) is 14.2 Å². The second-order valence-electron chi connectivity index (χ2n) is 6.77. The molecule has 0 aromatic heterocycles. The predicted octanol–water partition coefficient (Wildman–Crippen LogP) is 4.51. The van der Waals surface area contributed by atoms with Crippen LogP contribution in [0.2, 0.25) is 0 Å². The Morgan fingerprint density at radius 2 is 1.68 bits per heavy atom.